The largest absolute Gasteiger partial charge is 0.495 e. The van der Waals surface area contributed by atoms with Crippen molar-refractivity contribution in [3.63, 3.8) is 0 Å². The highest BCUT2D eigenvalue weighted by atomic mass is 35.5. The minimum Gasteiger partial charge on any atom is -0.495 e. The lowest BCUT2D eigenvalue weighted by Crippen LogP contribution is -2.41. The van der Waals surface area contributed by atoms with Crippen molar-refractivity contribution in [3.05, 3.63) is 95.0 Å². The van der Waals surface area contributed by atoms with Gasteiger partial charge in [-0.15, -0.1) is 0 Å². The van der Waals surface area contributed by atoms with Crippen molar-refractivity contribution < 1.29 is 17.9 Å². The van der Waals surface area contributed by atoms with E-state index in [9.17, 15) is 13.2 Å². The van der Waals surface area contributed by atoms with Crippen LogP contribution in [0.3, 0.4) is 0 Å². The summed E-state index contributed by atoms with van der Waals surface area (Å²) in [4.78, 5) is 12.6. The number of carbonyl (C=O) groups excluding carboxylic acids is 1. The minimum absolute atomic E-state index is 0.00669. The predicted molar refractivity (Wildman–Crippen MR) is 125 cm³/mol. The fourth-order valence-corrected chi connectivity index (χ4v) is 4.90. The van der Waals surface area contributed by atoms with E-state index in [1.54, 1.807) is 0 Å². The number of amides is 1. The standard InChI is InChI=1S/C24H25ClN2O4S/c1-31-23-13-12-21(16-22(23)25)32(29,30)27(15-14-19-8-4-2-5-9-19)18-24(28)26-17-20-10-6-3-7-11-20/h2-13,16H,14-15,17-18H2,1H3,(H,26,28). The molecule has 0 saturated carbocycles. The fraction of sp³-hybridized carbons (Fsp3) is 0.208. The molecule has 0 heterocycles. The molecule has 0 bridgehead atoms. The SMILES string of the molecule is COc1ccc(S(=O)(=O)N(CCc2ccccc2)CC(=O)NCc2ccccc2)cc1Cl. The smallest absolute Gasteiger partial charge is 0.243 e. The van der Waals surface area contributed by atoms with Gasteiger partial charge in [0.25, 0.3) is 0 Å². The third kappa shape index (κ3) is 6.32. The first-order chi connectivity index (χ1) is 15.4. The van der Waals surface area contributed by atoms with Gasteiger partial charge in [-0.2, -0.15) is 4.31 Å². The lowest BCUT2D eigenvalue weighted by Gasteiger charge is -2.22. The Balaban J connectivity index is 1.78. The van der Waals surface area contributed by atoms with Crippen molar-refractivity contribution >= 4 is 27.5 Å². The van der Waals surface area contributed by atoms with E-state index < -0.39 is 10.0 Å². The number of methoxy groups -OCH3 is 1. The summed E-state index contributed by atoms with van der Waals surface area (Å²) in [6.45, 7) is 0.168. The van der Waals surface area contributed by atoms with Gasteiger partial charge in [-0.1, -0.05) is 72.3 Å². The molecule has 0 saturated heterocycles. The number of sulfonamides is 1. The van der Waals surface area contributed by atoms with Gasteiger partial charge in [0.15, 0.2) is 0 Å². The average molecular weight is 473 g/mol. The third-order valence-corrected chi connectivity index (χ3v) is 7.04. The molecule has 0 fully saturated rings. The molecule has 1 N–H and O–H groups in total. The van der Waals surface area contributed by atoms with Crippen LogP contribution in [0.15, 0.2) is 83.8 Å². The van der Waals surface area contributed by atoms with Crippen molar-refractivity contribution in [2.75, 3.05) is 20.2 Å². The molecule has 0 aliphatic rings. The van der Waals surface area contributed by atoms with E-state index in [1.807, 2.05) is 60.7 Å². The molecule has 3 aromatic carbocycles. The maximum Gasteiger partial charge on any atom is 0.243 e. The Kier molecular flexibility index (Phi) is 8.27. The van der Waals surface area contributed by atoms with Crippen LogP contribution >= 0.6 is 11.6 Å². The number of hydrogen-bond donors (Lipinski definition) is 1. The van der Waals surface area contributed by atoms with Crippen LogP contribution in [0.2, 0.25) is 5.02 Å². The first-order valence-corrected chi connectivity index (χ1v) is 11.9. The molecule has 0 radical (unpaired) electrons. The van der Waals surface area contributed by atoms with Crippen LogP contribution in [0.4, 0.5) is 0 Å². The fourth-order valence-electron chi connectivity index (χ4n) is 3.15. The highest BCUT2D eigenvalue weighted by Crippen LogP contribution is 2.28. The molecule has 1 amide bonds. The van der Waals surface area contributed by atoms with E-state index >= 15 is 0 Å². The Hall–Kier alpha value is -2.87. The molecule has 0 aromatic heterocycles. The Morgan fingerprint density at radius 1 is 0.969 bits per heavy atom. The summed E-state index contributed by atoms with van der Waals surface area (Å²) in [6.07, 6.45) is 0.468. The number of benzene rings is 3. The quantitative estimate of drug-likeness (QED) is 0.485. The zero-order chi connectivity index (χ0) is 23.0. The van der Waals surface area contributed by atoms with E-state index in [4.69, 9.17) is 16.3 Å². The number of nitrogens with one attached hydrogen (secondary N) is 1. The van der Waals surface area contributed by atoms with Gasteiger partial charge in [0, 0.05) is 13.1 Å². The normalized spacial score (nSPS) is 11.3. The van der Waals surface area contributed by atoms with Gasteiger partial charge in [-0.05, 0) is 35.7 Å². The Labute approximate surface area is 193 Å². The van der Waals surface area contributed by atoms with E-state index in [0.717, 1.165) is 11.1 Å². The molecular weight excluding hydrogens is 448 g/mol. The van der Waals surface area contributed by atoms with Crippen molar-refractivity contribution in [3.8, 4) is 5.75 Å². The first kappa shape index (κ1) is 23.8. The maximum absolute atomic E-state index is 13.4. The highest BCUT2D eigenvalue weighted by Gasteiger charge is 2.27. The summed E-state index contributed by atoms with van der Waals surface area (Å²) in [7, 11) is -2.51. The van der Waals surface area contributed by atoms with Gasteiger partial charge in [0.05, 0.1) is 23.6 Å². The zero-order valence-electron chi connectivity index (χ0n) is 17.7. The summed E-state index contributed by atoms with van der Waals surface area (Å²) >= 11 is 6.15. The van der Waals surface area contributed by atoms with Crippen LogP contribution in [0.5, 0.6) is 5.75 Å². The summed E-state index contributed by atoms with van der Waals surface area (Å²) in [5, 5.41) is 2.97. The topological polar surface area (TPSA) is 75.7 Å². The molecule has 0 aliphatic carbocycles. The summed E-state index contributed by atoms with van der Waals surface area (Å²) < 4.78 is 33.0. The van der Waals surface area contributed by atoms with Gasteiger partial charge < -0.3 is 10.1 Å². The molecule has 0 aliphatic heterocycles. The molecule has 0 spiro atoms. The lowest BCUT2D eigenvalue weighted by molar-refractivity contribution is -0.121. The van der Waals surface area contributed by atoms with Crippen molar-refractivity contribution in [1.82, 2.24) is 9.62 Å². The highest BCUT2D eigenvalue weighted by molar-refractivity contribution is 7.89. The number of carbonyl (C=O) groups is 1. The average Bonchev–Trinajstić information content (AvgIpc) is 2.81. The first-order valence-electron chi connectivity index (χ1n) is 10.1. The number of ether oxygens (including phenoxy) is 1. The van der Waals surface area contributed by atoms with Crippen LogP contribution in [-0.4, -0.2) is 38.8 Å². The maximum atomic E-state index is 13.4. The van der Waals surface area contributed by atoms with Gasteiger partial charge in [0.1, 0.15) is 5.75 Å². The van der Waals surface area contributed by atoms with Gasteiger partial charge in [-0.3, -0.25) is 4.79 Å². The summed E-state index contributed by atoms with van der Waals surface area (Å²) in [5.41, 5.74) is 1.91. The van der Waals surface area contributed by atoms with Gasteiger partial charge >= 0.3 is 0 Å². The second-order valence-corrected chi connectivity index (χ2v) is 9.48. The number of nitrogens with zero attached hydrogens (tertiary/aromatic N) is 1. The molecule has 6 nitrogen and oxygen atoms in total. The van der Waals surface area contributed by atoms with Crippen LogP contribution in [0.25, 0.3) is 0 Å². The summed E-state index contributed by atoms with van der Waals surface area (Å²) in [5.74, 6) is -0.00726. The Bertz CT molecular complexity index is 1140. The molecule has 168 valence electrons. The molecule has 3 aromatic rings. The third-order valence-electron chi connectivity index (χ3n) is 4.91. The van der Waals surface area contributed by atoms with Gasteiger partial charge in [-0.25, -0.2) is 8.42 Å². The van der Waals surface area contributed by atoms with Gasteiger partial charge in [0.2, 0.25) is 15.9 Å². The van der Waals surface area contributed by atoms with Crippen LogP contribution in [0.1, 0.15) is 11.1 Å². The molecule has 0 unspecified atom stereocenters. The predicted octanol–water partition coefficient (Wildman–Crippen LogP) is 3.90. The lowest BCUT2D eigenvalue weighted by atomic mass is 10.1. The van der Waals surface area contributed by atoms with E-state index in [1.165, 1.54) is 29.6 Å². The second kappa shape index (κ2) is 11.1. The summed E-state index contributed by atoms with van der Waals surface area (Å²) in [6, 6.07) is 23.2. The van der Waals surface area contributed by atoms with Crippen LogP contribution < -0.4 is 10.1 Å². The van der Waals surface area contributed by atoms with Crippen molar-refractivity contribution in [2.24, 2.45) is 0 Å². The zero-order valence-corrected chi connectivity index (χ0v) is 19.3. The molecule has 3 rings (SSSR count). The molecule has 0 atom stereocenters. The van der Waals surface area contributed by atoms with E-state index in [-0.39, 0.29) is 28.9 Å². The minimum atomic E-state index is -3.96. The van der Waals surface area contributed by atoms with E-state index in [2.05, 4.69) is 5.32 Å². The van der Waals surface area contributed by atoms with Crippen molar-refractivity contribution in [1.29, 1.82) is 0 Å². The van der Waals surface area contributed by atoms with Crippen molar-refractivity contribution in [2.45, 2.75) is 17.9 Å². The molecular formula is C24H25ClN2O4S. The Morgan fingerprint density at radius 2 is 1.59 bits per heavy atom. The monoisotopic (exact) mass is 472 g/mol. The molecule has 32 heavy (non-hydrogen) atoms. The number of hydrogen-bond acceptors (Lipinski definition) is 4. The number of rotatable bonds is 10. The van der Waals surface area contributed by atoms with E-state index in [0.29, 0.717) is 18.7 Å². The molecule has 8 heteroatoms. The Morgan fingerprint density at radius 3 is 2.19 bits per heavy atom. The van der Waals surface area contributed by atoms with Crippen LogP contribution in [-0.2, 0) is 27.8 Å². The second-order valence-electron chi connectivity index (χ2n) is 7.13. The van der Waals surface area contributed by atoms with Crippen LogP contribution in [0, 0.1) is 0 Å². The number of halogens is 1.